The second-order valence-electron chi connectivity index (χ2n) is 5.17. The van der Waals surface area contributed by atoms with Crippen molar-refractivity contribution in [3.63, 3.8) is 0 Å². The van der Waals surface area contributed by atoms with E-state index in [0.717, 1.165) is 18.2 Å². The van der Waals surface area contributed by atoms with Crippen LogP contribution in [0.4, 0.5) is 13.2 Å². The topological polar surface area (TPSA) is 66.4 Å². The van der Waals surface area contributed by atoms with Gasteiger partial charge in [0.05, 0.1) is 18.1 Å². The minimum atomic E-state index is -4.48. The number of rotatable bonds is 3. The molecule has 1 aliphatic rings. The molecular formula is C16H14F3NaO4. The predicted octanol–water partition coefficient (Wildman–Crippen LogP) is -0.811. The molecule has 0 radical (unpaired) electrons. The Balaban J connectivity index is 0.00000288. The summed E-state index contributed by atoms with van der Waals surface area (Å²) in [6, 6.07) is 4.10. The molecule has 0 aliphatic heterocycles. The zero-order chi connectivity index (χ0) is 17.2. The number of hydrogen-bond acceptors (Lipinski definition) is 4. The molecule has 0 spiro atoms. The third-order valence-corrected chi connectivity index (χ3v) is 3.64. The normalized spacial score (nSPS) is 20.8. The van der Waals surface area contributed by atoms with E-state index in [0.29, 0.717) is 5.56 Å². The van der Waals surface area contributed by atoms with Crippen molar-refractivity contribution < 1.29 is 62.2 Å². The van der Waals surface area contributed by atoms with Gasteiger partial charge in [-0.1, -0.05) is 12.1 Å². The van der Waals surface area contributed by atoms with Crippen molar-refractivity contribution in [2.45, 2.75) is 25.4 Å². The second kappa shape index (κ2) is 8.18. The van der Waals surface area contributed by atoms with Crippen LogP contribution < -0.4 is 34.7 Å². The average molecular weight is 350 g/mol. The van der Waals surface area contributed by atoms with Crippen molar-refractivity contribution >= 4 is 11.8 Å². The quantitative estimate of drug-likeness (QED) is 0.528. The molecule has 1 aliphatic carbocycles. The smallest absolute Gasteiger partial charge is 0.875 e. The Bertz CT molecular complexity index is 638. The summed E-state index contributed by atoms with van der Waals surface area (Å²) in [4.78, 5) is 23.6. The zero-order valence-electron chi connectivity index (χ0n) is 13.2. The molecule has 1 aromatic rings. The molecule has 8 heteroatoms. The Kier molecular flexibility index (Phi) is 7.07. The van der Waals surface area contributed by atoms with Gasteiger partial charge in [0, 0.05) is 12.3 Å². The van der Waals surface area contributed by atoms with Gasteiger partial charge in [-0.2, -0.15) is 13.2 Å². The monoisotopic (exact) mass is 350 g/mol. The molecule has 0 aromatic heterocycles. The fourth-order valence-electron chi connectivity index (χ4n) is 2.58. The van der Waals surface area contributed by atoms with Gasteiger partial charge >= 0.3 is 41.7 Å². The Morgan fingerprint density at radius 3 is 2.38 bits per heavy atom. The van der Waals surface area contributed by atoms with Crippen molar-refractivity contribution in [1.29, 1.82) is 0 Å². The van der Waals surface area contributed by atoms with Crippen LogP contribution in [0.5, 0.6) is 0 Å². The van der Waals surface area contributed by atoms with Crippen molar-refractivity contribution in [2.24, 2.45) is 5.92 Å². The van der Waals surface area contributed by atoms with Crippen LogP contribution in [0.25, 0.3) is 0 Å². The van der Waals surface area contributed by atoms with E-state index in [1.54, 1.807) is 6.92 Å². The van der Waals surface area contributed by atoms with E-state index in [-0.39, 0.29) is 42.6 Å². The second-order valence-corrected chi connectivity index (χ2v) is 5.17. The molecular weight excluding hydrogens is 336 g/mol. The Morgan fingerprint density at radius 2 is 1.88 bits per heavy atom. The first-order chi connectivity index (χ1) is 10.7. The number of carbonyl (C=O) groups is 2. The van der Waals surface area contributed by atoms with Gasteiger partial charge in [0.2, 0.25) is 0 Å². The van der Waals surface area contributed by atoms with Gasteiger partial charge < -0.3 is 9.84 Å². The van der Waals surface area contributed by atoms with E-state index < -0.39 is 41.1 Å². The molecule has 0 saturated heterocycles. The summed E-state index contributed by atoms with van der Waals surface area (Å²) in [7, 11) is 0. The maximum absolute atomic E-state index is 12.6. The van der Waals surface area contributed by atoms with Crippen LogP contribution in [-0.2, 0) is 20.5 Å². The first-order valence-corrected chi connectivity index (χ1v) is 6.99. The van der Waals surface area contributed by atoms with Crippen LogP contribution in [0.15, 0.2) is 36.1 Å². The van der Waals surface area contributed by atoms with Crippen LogP contribution in [0.3, 0.4) is 0 Å². The van der Waals surface area contributed by atoms with Crippen molar-refractivity contribution in [3.05, 3.63) is 47.2 Å². The van der Waals surface area contributed by atoms with Gasteiger partial charge in [0.1, 0.15) is 0 Å². The predicted molar refractivity (Wildman–Crippen MR) is 72.0 cm³/mol. The molecule has 0 saturated carbocycles. The van der Waals surface area contributed by atoms with E-state index in [1.165, 1.54) is 12.1 Å². The van der Waals surface area contributed by atoms with Crippen LogP contribution in [0, 0.1) is 5.92 Å². The van der Waals surface area contributed by atoms with Gasteiger partial charge in [-0.05, 0) is 30.7 Å². The molecule has 2 rings (SSSR count). The number of benzene rings is 1. The SMILES string of the molecule is CCOC(=O)C1C([O-])=CC(=O)CC1c1ccc(C(F)(F)F)cc1.[Na+]. The van der Waals surface area contributed by atoms with E-state index in [4.69, 9.17) is 4.74 Å². The number of halogens is 3. The number of ether oxygens (including phenoxy) is 1. The van der Waals surface area contributed by atoms with Gasteiger partial charge in [0.25, 0.3) is 0 Å². The minimum Gasteiger partial charge on any atom is -0.875 e. The number of ketones is 1. The maximum atomic E-state index is 12.6. The Hall–Kier alpha value is -1.31. The molecule has 0 amide bonds. The Morgan fingerprint density at radius 1 is 1.29 bits per heavy atom. The largest absolute Gasteiger partial charge is 1.00 e. The third-order valence-electron chi connectivity index (χ3n) is 3.64. The number of alkyl halides is 3. The van der Waals surface area contributed by atoms with Gasteiger partial charge in [-0.15, -0.1) is 5.76 Å². The summed E-state index contributed by atoms with van der Waals surface area (Å²) >= 11 is 0. The maximum Gasteiger partial charge on any atom is 1.00 e. The first kappa shape index (κ1) is 20.7. The summed E-state index contributed by atoms with van der Waals surface area (Å²) in [6.07, 6.45) is -3.76. The van der Waals surface area contributed by atoms with Crippen LogP contribution >= 0.6 is 0 Å². The van der Waals surface area contributed by atoms with E-state index in [1.807, 2.05) is 0 Å². The van der Waals surface area contributed by atoms with Crippen LogP contribution in [-0.4, -0.2) is 18.4 Å². The fraction of sp³-hybridized carbons (Fsp3) is 0.375. The zero-order valence-corrected chi connectivity index (χ0v) is 15.2. The molecule has 4 nitrogen and oxygen atoms in total. The van der Waals surface area contributed by atoms with Crippen molar-refractivity contribution in [1.82, 2.24) is 0 Å². The molecule has 1 aromatic carbocycles. The Labute approximate surface area is 159 Å². The van der Waals surface area contributed by atoms with E-state index >= 15 is 0 Å². The first-order valence-electron chi connectivity index (χ1n) is 6.99. The summed E-state index contributed by atoms with van der Waals surface area (Å²) in [5, 5.41) is 12.0. The fourth-order valence-corrected chi connectivity index (χ4v) is 2.58. The van der Waals surface area contributed by atoms with Crippen molar-refractivity contribution in [2.75, 3.05) is 6.61 Å². The number of esters is 1. The van der Waals surface area contributed by atoms with Crippen LogP contribution in [0.2, 0.25) is 0 Å². The van der Waals surface area contributed by atoms with Crippen LogP contribution in [0.1, 0.15) is 30.4 Å². The molecule has 2 atom stereocenters. The molecule has 0 N–H and O–H groups in total. The molecule has 0 bridgehead atoms. The molecule has 24 heavy (non-hydrogen) atoms. The van der Waals surface area contributed by atoms with Gasteiger partial charge in [-0.25, -0.2) is 0 Å². The number of allylic oxidation sites excluding steroid dienone is 1. The summed E-state index contributed by atoms with van der Waals surface area (Å²) in [6.45, 7) is 1.64. The summed E-state index contributed by atoms with van der Waals surface area (Å²) in [5.74, 6) is -3.93. The molecule has 2 unspecified atom stereocenters. The third kappa shape index (κ3) is 4.62. The summed E-state index contributed by atoms with van der Waals surface area (Å²) in [5.41, 5.74) is -0.514. The molecule has 0 fully saturated rings. The average Bonchev–Trinajstić information content (AvgIpc) is 2.45. The van der Waals surface area contributed by atoms with Gasteiger partial charge in [-0.3, -0.25) is 9.59 Å². The molecule has 124 valence electrons. The van der Waals surface area contributed by atoms with E-state index in [2.05, 4.69) is 0 Å². The van der Waals surface area contributed by atoms with Crippen molar-refractivity contribution in [3.8, 4) is 0 Å². The van der Waals surface area contributed by atoms with Gasteiger partial charge in [0.15, 0.2) is 5.78 Å². The standard InChI is InChI=1S/C16H15F3O4.Na/c1-2-23-15(22)14-12(7-11(20)8-13(14)21)9-3-5-10(6-4-9)16(17,18)19;/h3-6,8,12,14,21H,2,7H2,1H3;/q;+1/p-1. The number of hydrogen-bond donors (Lipinski definition) is 0. The summed E-state index contributed by atoms with van der Waals surface area (Å²) < 4.78 is 42.7. The van der Waals surface area contributed by atoms with E-state index in [9.17, 15) is 27.9 Å². The molecule has 0 heterocycles. The number of carbonyl (C=O) groups excluding carboxylic acids is 2. The minimum absolute atomic E-state index is 0.